The molecule has 0 aromatic heterocycles. The summed E-state index contributed by atoms with van der Waals surface area (Å²) in [6.45, 7) is 17.3. The number of aliphatic hydroxyl groups excluding tert-OH is 1. The maximum absolute atomic E-state index is 12.6. The van der Waals surface area contributed by atoms with Crippen LogP contribution in [0.15, 0.2) is 11.6 Å². The molecular formula is C30H48O2. The van der Waals surface area contributed by atoms with Crippen LogP contribution in [0, 0.1) is 50.2 Å². The summed E-state index contributed by atoms with van der Waals surface area (Å²) in [5, 5.41) is 10.9. The van der Waals surface area contributed by atoms with Gasteiger partial charge in [0.05, 0.1) is 6.10 Å². The van der Waals surface area contributed by atoms with Gasteiger partial charge >= 0.3 is 0 Å². The molecule has 32 heavy (non-hydrogen) atoms. The van der Waals surface area contributed by atoms with Crippen molar-refractivity contribution in [2.45, 2.75) is 119 Å². The van der Waals surface area contributed by atoms with Crippen molar-refractivity contribution in [3.8, 4) is 0 Å². The van der Waals surface area contributed by atoms with E-state index in [0.29, 0.717) is 28.6 Å². The highest BCUT2D eigenvalue weighted by atomic mass is 16.3. The second-order valence-electron chi connectivity index (χ2n) is 14.9. The Balaban J connectivity index is 1.59. The molecule has 1 unspecified atom stereocenters. The largest absolute Gasteiger partial charge is 0.393 e. The van der Waals surface area contributed by atoms with Crippen LogP contribution in [0.2, 0.25) is 0 Å². The fraction of sp³-hybridized carbons (Fsp3) is 0.900. The molecule has 0 spiro atoms. The molecule has 0 radical (unpaired) electrons. The van der Waals surface area contributed by atoms with Crippen molar-refractivity contribution in [2.24, 2.45) is 50.2 Å². The van der Waals surface area contributed by atoms with Crippen molar-refractivity contribution in [3.63, 3.8) is 0 Å². The minimum atomic E-state index is -0.164. The van der Waals surface area contributed by atoms with Crippen molar-refractivity contribution in [2.75, 3.05) is 0 Å². The SMILES string of the molecule is CC1(C)CC[C@]2(C=O)CC[C@]3(C)C(=CC[C@@H]4[C@@]5(C)CC[C@H](O)C(C)(C)[C@@H]5CC[C@]43C)C2C1. The molecule has 5 aliphatic carbocycles. The second kappa shape index (κ2) is 6.73. The van der Waals surface area contributed by atoms with Gasteiger partial charge in [-0.25, -0.2) is 0 Å². The van der Waals surface area contributed by atoms with E-state index in [4.69, 9.17) is 0 Å². The zero-order valence-corrected chi connectivity index (χ0v) is 21.9. The predicted octanol–water partition coefficient (Wildman–Crippen LogP) is 7.35. The van der Waals surface area contributed by atoms with Crippen molar-refractivity contribution in [3.05, 3.63) is 11.6 Å². The second-order valence-corrected chi connectivity index (χ2v) is 14.9. The highest BCUT2D eigenvalue weighted by molar-refractivity contribution is 5.63. The quantitative estimate of drug-likeness (QED) is 0.342. The predicted molar refractivity (Wildman–Crippen MR) is 131 cm³/mol. The lowest BCUT2D eigenvalue weighted by molar-refractivity contribution is -0.202. The van der Waals surface area contributed by atoms with Crippen molar-refractivity contribution in [1.82, 2.24) is 0 Å². The van der Waals surface area contributed by atoms with Crippen LogP contribution in [0.4, 0.5) is 0 Å². The van der Waals surface area contributed by atoms with Gasteiger partial charge in [-0.3, -0.25) is 0 Å². The number of allylic oxidation sites excluding steroid dienone is 2. The molecule has 0 amide bonds. The molecule has 4 saturated carbocycles. The lowest BCUT2D eigenvalue weighted by atomic mass is 9.33. The highest BCUT2D eigenvalue weighted by Crippen LogP contribution is 2.75. The number of aldehydes is 1. The van der Waals surface area contributed by atoms with E-state index < -0.39 is 0 Å². The van der Waals surface area contributed by atoms with Gasteiger partial charge in [-0.05, 0) is 109 Å². The van der Waals surface area contributed by atoms with Crippen molar-refractivity contribution >= 4 is 6.29 Å². The molecule has 1 N–H and O–H groups in total. The Morgan fingerprint density at radius 2 is 1.56 bits per heavy atom. The van der Waals surface area contributed by atoms with Crippen LogP contribution < -0.4 is 0 Å². The molecule has 2 nitrogen and oxygen atoms in total. The van der Waals surface area contributed by atoms with Crippen molar-refractivity contribution < 1.29 is 9.90 Å². The van der Waals surface area contributed by atoms with Gasteiger partial charge in [-0.15, -0.1) is 0 Å². The summed E-state index contributed by atoms with van der Waals surface area (Å²) in [5.41, 5.74) is 2.69. The van der Waals surface area contributed by atoms with E-state index in [9.17, 15) is 9.90 Å². The fourth-order valence-corrected chi connectivity index (χ4v) is 10.5. The molecular weight excluding hydrogens is 392 g/mol. The van der Waals surface area contributed by atoms with E-state index in [2.05, 4.69) is 54.5 Å². The van der Waals surface area contributed by atoms with Gasteiger partial charge in [0.25, 0.3) is 0 Å². The Hall–Kier alpha value is -0.630. The van der Waals surface area contributed by atoms with Crippen LogP contribution >= 0.6 is 0 Å². The number of hydrogen-bond acceptors (Lipinski definition) is 2. The number of fused-ring (bicyclic) bond motifs is 7. The highest BCUT2D eigenvalue weighted by Gasteiger charge is 2.68. The minimum Gasteiger partial charge on any atom is -0.393 e. The first-order valence-electron chi connectivity index (χ1n) is 13.6. The molecule has 2 heteroatoms. The lowest BCUT2D eigenvalue weighted by Gasteiger charge is -2.71. The zero-order chi connectivity index (χ0) is 23.4. The Morgan fingerprint density at radius 1 is 0.875 bits per heavy atom. The zero-order valence-electron chi connectivity index (χ0n) is 21.9. The number of carbonyl (C=O) groups is 1. The van der Waals surface area contributed by atoms with Crippen LogP contribution in [-0.4, -0.2) is 17.5 Å². The lowest BCUT2D eigenvalue weighted by Crippen LogP contribution is -2.64. The normalized spacial score (nSPS) is 53.7. The van der Waals surface area contributed by atoms with Gasteiger partial charge < -0.3 is 9.90 Å². The standard InChI is InChI=1S/C30H48O2/c1-25(2)14-16-30(19-31)17-15-28(6)20(21(30)18-25)8-9-23-27(5)12-11-24(32)26(3,4)22(27)10-13-29(23,28)7/h8,19,21-24,32H,9-18H2,1-7H3/t21?,22-,23+,24-,27-,28+,29+,30+/m0/s1. The van der Waals surface area contributed by atoms with Crippen LogP contribution in [0.25, 0.3) is 0 Å². The summed E-state index contributed by atoms with van der Waals surface area (Å²) in [4.78, 5) is 12.6. The summed E-state index contributed by atoms with van der Waals surface area (Å²) in [7, 11) is 0. The monoisotopic (exact) mass is 440 g/mol. The number of carbonyl (C=O) groups excluding carboxylic acids is 1. The van der Waals surface area contributed by atoms with E-state index in [1.165, 1.54) is 44.8 Å². The Morgan fingerprint density at radius 3 is 2.25 bits per heavy atom. The first-order valence-corrected chi connectivity index (χ1v) is 13.6. The molecule has 180 valence electrons. The third-order valence-corrected chi connectivity index (χ3v) is 12.9. The third-order valence-electron chi connectivity index (χ3n) is 12.9. The molecule has 5 rings (SSSR count). The molecule has 0 bridgehead atoms. The van der Waals surface area contributed by atoms with Gasteiger partial charge in [0.2, 0.25) is 0 Å². The van der Waals surface area contributed by atoms with Crippen LogP contribution in [0.1, 0.15) is 113 Å². The Labute approximate surface area is 197 Å². The maximum Gasteiger partial charge on any atom is 0.126 e. The minimum absolute atomic E-state index is 0.00581. The maximum atomic E-state index is 12.6. The van der Waals surface area contributed by atoms with Crippen LogP contribution in [0.3, 0.4) is 0 Å². The van der Waals surface area contributed by atoms with E-state index in [1.54, 1.807) is 5.57 Å². The van der Waals surface area contributed by atoms with E-state index >= 15 is 0 Å². The van der Waals surface area contributed by atoms with Gasteiger partial charge in [-0.2, -0.15) is 0 Å². The van der Waals surface area contributed by atoms with Gasteiger partial charge in [0.1, 0.15) is 6.29 Å². The van der Waals surface area contributed by atoms with E-state index in [1.807, 2.05) is 0 Å². The molecule has 4 fully saturated rings. The number of rotatable bonds is 1. The van der Waals surface area contributed by atoms with Crippen LogP contribution in [-0.2, 0) is 4.79 Å². The van der Waals surface area contributed by atoms with Gasteiger partial charge in [-0.1, -0.05) is 60.1 Å². The van der Waals surface area contributed by atoms with Crippen LogP contribution in [0.5, 0.6) is 0 Å². The average Bonchev–Trinajstić information content (AvgIpc) is 2.71. The average molecular weight is 441 g/mol. The smallest absolute Gasteiger partial charge is 0.126 e. The third kappa shape index (κ3) is 2.71. The molecule has 0 aromatic rings. The molecule has 0 aromatic carbocycles. The van der Waals surface area contributed by atoms with E-state index in [0.717, 1.165) is 25.7 Å². The first-order chi connectivity index (χ1) is 14.8. The molecule has 0 aliphatic heterocycles. The molecule has 5 aliphatic rings. The van der Waals surface area contributed by atoms with Gasteiger partial charge in [0.15, 0.2) is 0 Å². The first kappa shape index (κ1) is 23.1. The molecule has 0 heterocycles. The van der Waals surface area contributed by atoms with E-state index in [-0.39, 0.29) is 27.8 Å². The summed E-state index contributed by atoms with van der Waals surface area (Å²) < 4.78 is 0. The summed E-state index contributed by atoms with van der Waals surface area (Å²) in [6, 6.07) is 0. The number of hydrogen-bond donors (Lipinski definition) is 1. The summed E-state index contributed by atoms with van der Waals surface area (Å²) >= 11 is 0. The topological polar surface area (TPSA) is 37.3 Å². The molecule has 8 atom stereocenters. The summed E-state index contributed by atoms with van der Waals surface area (Å²) in [5.74, 6) is 1.71. The molecule has 0 saturated heterocycles. The summed E-state index contributed by atoms with van der Waals surface area (Å²) in [6.07, 6.45) is 15.4. The fourth-order valence-electron chi connectivity index (χ4n) is 10.5. The number of aliphatic hydroxyl groups is 1. The Bertz CT molecular complexity index is 838. The van der Waals surface area contributed by atoms with Gasteiger partial charge in [0, 0.05) is 5.41 Å². The van der Waals surface area contributed by atoms with Crippen molar-refractivity contribution in [1.29, 1.82) is 0 Å². The Kier molecular flexibility index (Phi) is 4.87.